The fourth-order valence-electron chi connectivity index (χ4n) is 3.07. The second-order valence-electron chi connectivity index (χ2n) is 6.60. The van der Waals surface area contributed by atoms with Gasteiger partial charge in [0.15, 0.2) is 5.65 Å². The molecular weight excluding hydrogens is 368 g/mol. The van der Waals surface area contributed by atoms with Crippen LogP contribution >= 0.6 is 0 Å². The zero-order chi connectivity index (χ0) is 20.2. The monoisotopic (exact) mass is 386 g/mol. The number of hydrogen-bond donors (Lipinski definition) is 1. The van der Waals surface area contributed by atoms with Crippen molar-refractivity contribution in [2.75, 3.05) is 0 Å². The van der Waals surface area contributed by atoms with E-state index in [9.17, 15) is 9.59 Å². The number of aromatic carboxylic acids is 1. The lowest BCUT2D eigenvalue weighted by Gasteiger charge is -2.22. The van der Waals surface area contributed by atoms with Crippen LogP contribution < -0.4 is 0 Å². The number of carbonyl (C=O) groups excluding carboxylic acids is 1. The standard InChI is InChI=1S/C22H18N4O3/c27-21(19-15-26-20(24-19)7-4-12-23-26)25(13-16-5-2-1-3-6-16)14-17-8-10-18(11-9-17)22(28)29/h1-12,15H,13-14H2,(H,28,29). The van der Waals surface area contributed by atoms with Crippen molar-refractivity contribution in [3.63, 3.8) is 0 Å². The molecular formula is C22H18N4O3. The molecule has 0 radical (unpaired) electrons. The normalized spacial score (nSPS) is 10.8. The smallest absolute Gasteiger partial charge is 0.335 e. The first-order valence-corrected chi connectivity index (χ1v) is 9.06. The van der Waals surface area contributed by atoms with Gasteiger partial charge in [0.2, 0.25) is 0 Å². The molecule has 0 saturated carbocycles. The van der Waals surface area contributed by atoms with E-state index in [4.69, 9.17) is 5.11 Å². The molecule has 1 N–H and O–H groups in total. The number of carboxylic acid groups (broad SMARTS) is 1. The van der Waals surface area contributed by atoms with Crippen LogP contribution in [0.5, 0.6) is 0 Å². The van der Waals surface area contributed by atoms with Crippen LogP contribution in [0.15, 0.2) is 79.1 Å². The van der Waals surface area contributed by atoms with E-state index >= 15 is 0 Å². The van der Waals surface area contributed by atoms with Gasteiger partial charge in [-0.25, -0.2) is 14.3 Å². The van der Waals surface area contributed by atoms with Crippen molar-refractivity contribution < 1.29 is 14.7 Å². The maximum atomic E-state index is 13.2. The van der Waals surface area contributed by atoms with Gasteiger partial charge >= 0.3 is 5.97 Å². The third kappa shape index (κ3) is 4.14. The van der Waals surface area contributed by atoms with E-state index in [0.717, 1.165) is 11.1 Å². The van der Waals surface area contributed by atoms with Gasteiger partial charge in [-0.15, -0.1) is 0 Å². The molecule has 2 heterocycles. The molecule has 144 valence electrons. The first-order valence-electron chi connectivity index (χ1n) is 9.06. The van der Waals surface area contributed by atoms with Crippen molar-refractivity contribution in [3.05, 3.63) is 102 Å². The summed E-state index contributed by atoms with van der Waals surface area (Å²) in [5.74, 6) is -1.20. The molecule has 0 bridgehead atoms. The zero-order valence-corrected chi connectivity index (χ0v) is 15.5. The van der Waals surface area contributed by atoms with Gasteiger partial charge in [-0.1, -0.05) is 42.5 Å². The van der Waals surface area contributed by atoms with Crippen molar-refractivity contribution in [2.24, 2.45) is 0 Å². The van der Waals surface area contributed by atoms with Crippen LogP contribution in [-0.2, 0) is 13.1 Å². The minimum absolute atomic E-state index is 0.209. The van der Waals surface area contributed by atoms with Crippen molar-refractivity contribution in [1.82, 2.24) is 19.5 Å². The van der Waals surface area contributed by atoms with Crippen molar-refractivity contribution in [1.29, 1.82) is 0 Å². The summed E-state index contributed by atoms with van der Waals surface area (Å²) in [4.78, 5) is 30.4. The summed E-state index contributed by atoms with van der Waals surface area (Å²) in [6.07, 6.45) is 3.25. The van der Waals surface area contributed by atoms with Crippen LogP contribution in [0.2, 0.25) is 0 Å². The molecule has 2 aromatic heterocycles. The Balaban J connectivity index is 1.63. The van der Waals surface area contributed by atoms with Gasteiger partial charge in [-0.3, -0.25) is 4.79 Å². The summed E-state index contributed by atoms with van der Waals surface area (Å²) in [7, 11) is 0. The maximum Gasteiger partial charge on any atom is 0.335 e. The van der Waals surface area contributed by atoms with E-state index in [1.165, 1.54) is 12.1 Å². The molecule has 4 aromatic rings. The molecule has 4 rings (SSSR count). The van der Waals surface area contributed by atoms with Crippen LogP contribution in [0.1, 0.15) is 32.0 Å². The van der Waals surface area contributed by atoms with E-state index in [1.54, 1.807) is 46.1 Å². The number of nitrogens with zero attached hydrogens (tertiary/aromatic N) is 4. The highest BCUT2D eigenvalue weighted by molar-refractivity contribution is 5.93. The average Bonchev–Trinajstić information content (AvgIpc) is 3.18. The first kappa shape index (κ1) is 18.4. The Kier molecular flexibility index (Phi) is 5.03. The van der Waals surface area contributed by atoms with E-state index < -0.39 is 5.97 Å². The molecule has 29 heavy (non-hydrogen) atoms. The molecule has 0 unspecified atom stereocenters. The molecule has 7 heteroatoms. The molecule has 0 aliphatic rings. The molecule has 1 amide bonds. The molecule has 0 aliphatic heterocycles. The molecule has 7 nitrogen and oxygen atoms in total. The Morgan fingerprint density at radius 1 is 0.897 bits per heavy atom. The lowest BCUT2D eigenvalue weighted by Crippen LogP contribution is -2.30. The predicted octanol–water partition coefficient (Wildman–Crippen LogP) is 3.27. The number of fused-ring (bicyclic) bond motifs is 1. The molecule has 0 fully saturated rings. The number of aromatic nitrogens is 3. The Bertz CT molecular complexity index is 1120. The molecule has 0 spiro atoms. The summed E-state index contributed by atoms with van der Waals surface area (Å²) in [6, 6.07) is 19.8. The van der Waals surface area contributed by atoms with E-state index in [0.29, 0.717) is 24.4 Å². The van der Waals surface area contributed by atoms with Crippen LogP contribution in [-0.4, -0.2) is 36.5 Å². The van der Waals surface area contributed by atoms with E-state index in [-0.39, 0.29) is 11.5 Å². The van der Waals surface area contributed by atoms with Crippen LogP contribution in [0, 0.1) is 0 Å². The van der Waals surface area contributed by atoms with Crippen LogP contribution in [0.4, 0.5) is 0 Å². The highest BCUT2D eigenvalue weighted by atomic mass is 16.4. The third-order valence-electron chi connectivity index (χ3n) is 4.53. The quantitative estimate of drug-likeness (QED) is 0.549. The highest BCUT2D eigenvalue weighted by Gasteiger charge is 2.20. The van der Waals surface area contributed by atoms with Gasteiger partial charge in [-0.05, 0) is 35.4 Å². The van der Waals surface area contributed by atoms with Gasteiger partial charge in [-0.2, -0.15) is 5.10 Å². The average molecular weight is 386 g/mol. The summed E-state index contributed by atoms with van der Waals surface area (Å²) in [6.45, 7) is 0.733. The summed E-state index contributed by atoms with van der Waals surface area (Å²) < 4.78 is 1.57. The highest BCUT2D eigenvalue weighted by Crippen LogP contribution is 2.15. The molecule has 0 aliphatic carbocycles. The number of carbonyl (C=O) groups is 2. The van der Waals surface area contributed by atoms with Gasteiger partial charge in [0.05, 0.1) is 11.8 Å². The number of benzene rings is 2. The fourth-order valence-corrected chi connectivity index (χ4v) is 3.07. The number of imidazole rings is 1. The topological polar surface area (TPSA) is 87.8 Å². The number of carboxylic acids is 1. The van der Waals surface area contributed by atoms with E-state index in [2.05, 4.69) is 10.1 Å². The Labute approximate surface area is 166 Å². The summed E-state index contributed by atoms with van der Waals surface area (Å²) in [5.41, 5.74) is 2.94. The van der Waals surface area contributed by atoms with Gasteiger partial charge in [0.25, 0.3) is 5.91 Å². The Morgan fingerprint density at radius 2 is 1.59 bits per heavy atom. The summed E-state index contributed by atoms with van der Waals surface area (Å²) >= 11 is 0. The summed E-state index contributed by atoms with van der Waals surface area (Å²) in [5, 5.41) is 13.2. The molecule has 2 aromatic carbocycles. The minimum atomic E-state index is -0.981. The molecule has 0 saturated heterocycles. The van der Waals surface area contributed by atoms with Gasteiger partial charge < -0.3 is 10.0 Å². The van der Waals surface area contributed by atoms with Gasteiger partial charge in [0, 0.05) is 19.3 Å². The third-order valence-corrected chi connectivity index (χ3v) is 4.53. The van der Waals surface area contributed by atoms with Gasteiger partial charge in [0.1, 0.15) is 5.69 Å². The lowest BCUT2D eigenvalue weighted by molar-refractivity contribution is 0.0693. The van der Waals surface area contributed by atoms with Crippen molar-refractivity contribution in [2.45, 2.75) is 13.1 Å². The second kappa shape index (κ2) is 7.93. The Morgan fingerprint density at radius 3 is 2.24 bits per heavy atom. The van der Waals surface area contributed by atoms with Crippen LogP contribution in [0.25, 0.3) is 5.65 Å². The first-order chi connectivity index (χ1) is 14.1. The second-order valence-corrected chi connectivity index (χ2v) is 6.60. The molecule has 0 atom stereocenters. The minimum Gasteiger partial charge on any atom is -0.478 e. The van der Waals surface area contributed by atoms with E-state index in [1.807, 2.05) is 30.3 Å². The predicted molar refractivity (Wildman–Crippen MR) is 106 cm³/mol. The van der Waals surface area contributed by atoms with Crippen LogP contribution in [0.3, 0.4) is 0 Å². The number of rotatable bonds is 6. The SMILES string of the molecule is O=C(O)c1ccc(CN(Cc2ccccc2)C(=O)c2cn3ncccc3n2)cc1. The van der Waals surface area contributed by atoms with Crippen molar-refractivity contribution >= 4 is 17.5 Å². The number of amides is 1. The zero-order valence-electron chi connectivity index (χ0n) is 15.5. The lowest BCUT2D eigenvalue weighted by atomic mass is 10.1. The fraction of sp³-hybridized carbons (Fsp3) is 0.0909. The maximum absolute atomic E-state index is 13.2. The largest absolute Gasteiger partial charge is 0.478 e. The number of hydrogen-bond acceptors (Lipinski definition) is 4. The Hall–Kier alpha value is -4.00. The van der Waals surface area contributed by atoms with Crippen molar-refractivity contribution in [3.8, 4) is 0 Å².